The summed E-state index contributed by atoms with van der Waals surface area (Å²) in [6, 6.07) is 21.0. The fourth-order valence-electron chi connectivity index (χ4n) is 6.81. The number of alkyl halides is 3. The third-order valence-electron chi connectivity index (χ3n) is 9.71. The van der Waals surface area contributed by atoms with Crippen LogP contribution in [0.5, 0.6) is 0 Å². The molecule has 3 heterocycles. The second-order valence-corrected chi connectivity index (χ2v) is 13.0. The monoisotopic (exact) mass is 790 g/mol. The maximum atomic E-state index is 14.6. The first-order valence-corrected chi connectivity index (χ1v) is 17.2. The summed E-state index contributed by atoms with van der Waals surface area (Å²) < 4.78 is 74.8. The predicted molar refractivity (Wildman–Crippen MR) is 203 cm³/mol. The summed E-state index contributed by atoms with van der Waals surface area (Å²) in [5.74, 6) is -2.10. The molecule has 1 amide bonds. The van der Waals surface area contributed by atoms with E-state index in [1.54, 1.807) is 30.0 Å². The molecule has 288 valence electrons. The Hall–Kier alpha value is -4.36. The number of likely N-dealkylation sites (tertiary alicyclic amines) is 1. The lowest BCUT2D eigenvalue weighted by molar-refractivity contribution is -0.137. The number of halogens is 7. The van der Waals surface area contributed by atoms with E-state index < -0.39 is 23.4 Å². The maximum absolute atomic E-state index is 14.6. The van der Waals surface area contributed by atoms with Gasteiger partial charge in [0.05, 0.1) is 17.6 Å². The van der Waals surface area contributed by atoms with E-state index in [1.807, 2.05) is 29.2 Å². The molecule has 1 aliphatic heterocycles. The average molecular weight is 792 g/mol. The minimum Gasteiger partial charge on any atom is -0.383 e. The van der Waals surface area contributed by atoms with Gasteiger partial charge in [-0.05, 0) is 78.3 Å². The Morgan fingerprint density at radius 3 is 2.22 bits per heavy atom. The van der Waals surface area contributed by atoms with E-state index in [4.69, 9.17) is 4.74 Å². The molecule has 2 aromatic heterocycles. The standard InChI is InChI=1S/C40H39F5N4O3.2ClH/c1-52-23-22-47-20-17-32(18-21-47)48(25-27-7-9-28(10-8-27)29-11-14-31(15-12-29)40(43,44)45)37(51)26-49-33(16-13-30-4-2-6-35(41)38(30)42)24-36(50)34-5-3-19-46-39(34)49;;/h2-12,14-15,19,24,32H,13,16-18,20-23,25-26H2,1H3;2*1H. The first-order chi connectivity index (χ1) is 25.0. The van der Waals surface area contributed by atoms with Crippen molar-refractivity contribution in [3.8, 4) is 11.1 Å². The lowest BCUT2D eigenvalue weighted by Crippen LogP contribution is -2.48. The zero-order valence-electron chi connectivity index (χ0n) is 29.5. The molecule has 1 aliphatic rings. The van der Waals surface area contributed by atoms with Crippen molar-refractivity contribution in [3.05, 3.63) is 135 Å². The molecule has 5 aromatic rings. The van der Waals surface area contributed by atoms with Crippen molar-refractivity contribution < 1.29 is 31.5 Å². The van der Waals surface area contributed by atoms with Gasteiger partial charge in [-0.1, -0.05) is 48.5 Å². The average Bonchev–Trinajstić information content (AvgIpc) is 3.15. The molecule has 54 heavy (non-hydrogen) atoms. The van der Waals surface area contributed by atoms with Crippen molar-refractivity contribution in [1.82, 2.24) is 19.4 Å². The normalized spacial score (nSPS) is 13.7. The highest BCUT2D eigenvalue weighted by molar-refractivity contribution is 5.85. The highest BCUT2D eigenvalue weighted by atomic mass is 35.5. The third kappa shape index (κ3) is 10.0. The summed E-state index contributed by atoms with van der Waals surface area (Å²) in [4.78, 5) is 36.2. The fourth-order valence-corrected chi connectivity index (χ4v) is 6.81. The van der Waals surface area contributed by atoms with E-state index in [2.05, 4.69) is 9.88 Å². The van der Waals surface area contributed by atoms with E-state index in [9.17, 15) is 31.5 Å². The number of nitrogens with zero attached hydrogens (tertiary/aromatic N) is 4. The van der Waals surface area contributed by atoms with Crippen molar-refractivity contribution in [3.63, 3.8) is 0 Å². The van der Waals surface area contributed by atoms with Gasteiger partial charge in [0.15, 0.2) is 17.1 Å². The summed E-state index contributed by atoms with van der Waals surface area (Å²) in [6.45, 7) is 3.09. The zero-order chi connectivity index (χ0) is 36.8. The second-order valence-electron chi connectivity index (χ2n) is 13.0. The van der Waals surface area contributed by atoms with Gasteiger partial charge in [-0.15, -0.1) is 24.8 Å². The van der Waals surface area contributed by atoms with E-state index in [0.717, 1.165) is 61.8 Å². The number of carbonyl (C=O) groups excluding carboxylic acids is 1. The molecule has 6 rings (SSSR count). The number of hydrogen-bond donors (Lipinski definition) is 0. The van der Waals surface area contributed by atoms with Crippen LogP contribution >= 0.6 is 24.8 Å². The summed E-state index contributed by atoms with van der Waals surface area (Å²) in [5.41, 5.74) is 2.19. The minimum atomic E-state index is -4.42. The number of ether oxygens (including phenoxy) is 1. The summed E-state index contributed by atoms with van der Waals surface area (Å²) in [7, 11) is 1.66. The van der Waals surface area contributed by atoms with Crippen LogP contribution in [0.15, 0.2) is 95.9 Å². The lowest BCUT2D eigenvalue weighted by atomic mass is 10.00. The highest BCUT2D eigenvalue weighted by Gasteiger charge is 2.31. The Balaban J connectivity index is 0.00000325. The summed E-state index contributed by atoms with van der Waals surface area (Å²) >= 11 is 0. The van der Waals surface area contributed by atoms with Gasteiger partial charge in [0.1, 0.15) is 12.2 Å². The van der Waals surface area contributed by atoms with Gasteiger partial charge in [-0.25, -0.2) is 13.8 Å². The molecule has 0 N–H and O–H groups in total. The molecule has 0 radical (unpaired) electrons. The molecule has 0 saturated carbocycles. The Morgan fingerprint density at radius 2 is 1.57 bits per heavy atom. The number of rotatable bonds is 12. The van der Waals surface area contributed by atoms with Gasteiger partial charge in [0.2, 0.25) is 5.91 Å². The zero-order valence-corrected chi connectivity index (χ0v) is 31.2. The predicted octanol–water partition coefficient (Wildman–Crippen LogP) is 8.13. The smallest absolute Gasteiger partial charge is 0.383 e. The Morgan fingerprint density at radius 1 is 0.907 bits per heavy atom. The number of amides is 1. The van der Waals surface area contributed by atoms with Gasteiger partial charge in [-0.2, -0.15) is 13.2 Å². The quantitative estimate of drug-likeness (QED) is 0.120. The Kier molecular flexibility index (Phi) is 14.8. The first-order valence-electron chi connectivity index (χ1n) is 17.2. The Bertz CT molecular complexity index is 2070. The number of hydrogen-bond acceptors (Lipinski definition) is 5. The number of methoxy groups -OCH3 is 1. The number of aryl methyl sites for hydroxylation is 2. The molecule has 14 heteroatoms. The first kappa shape index (κ1) is 42.4. The molecular formula is C40H41Cl2F5N4O3. The van der Waals surface area contributed by atoms with Gasteiger partial charge in [0, 0.05) is 57.3 Å². The molecule has 0 aliphatic carbocycles. The topological polar surface area (TPSA) is 67.7 Å². The van der Waals surface area contributed by atoms with Crippen molar-refractivity contribution in [1.29, 1.82) is 0 Å². The van der Waals surface area contributed by atoms with Crippen LogP contribution in [0.1, 0.15) is 35.2 Å². The number of fused-ring (bicyclic) bond motifs is 1. The van der Waals surface area contributed by atoms with Crippen molar-refractivity contribution >= 4 is 41.8 Å². The van der Waals surface area contributed by atoms with Gasteiger partial charge in [0.25, 0.3) is 0 Å². The molecule has 1 saturated heterocycles. The van der Waals surface area contributed by atoms with Crippen LogP contribution in [0.25, 0.3) is 22.2 Å². The van der Waals surface area contributed by atoms with Gasteiger partial charge in [-0.3, -0.25) is 9.59 Å². The molecule has 0 spiro atoms. The van der Waals surface area contributed by atoms with Crippen LogP contribution in [0.2, 0.25) is 0 Å². The van der Waals surface area contributed by atoms with Crippen LogP contribution in [0, 0.1) is 11.6 Å². The molecule has 1 fully saturated rings. The number of piperidine rings is 1. The lowest BCUT2D eigenvalue weighted by Gasteiger charge is -2.39. The van der Waals surface area contributed by atoms with E-state index >= 15 is 0 Å². The number of aromatic nitrogens is 2. The summed E-state index contributed by atoms with van der Waals surface area (Å²) in [6.07, 6.45) is -1.15. The molecule has 7 nitrogen and oxygen atoms in total. The molecule has 0 atom stereocenters. The Labute approximate surface area is 322 Å². The maximum Gasteiger partial charge on any atom is 0.416 e. The largest absolute Gasteiger partial charge is 0.416 e. The van der Waals surface area contributed by atoms with Gasteiger partial charge < -0.3 is 19.1 Å². The van der Waals surface area contributed by atoms with E-state index in [1.165, 1.54) is 30.3 Å². The molecule has 3 aromatic carbocycles. The van der Waals surface area contributed by atoms with Crippen molar-refractivity contribution in [2.75, 3.05) is 33.4 Å². The van der Waals surface area contributed by atoms with Crippen LogP contribution < -0.4 is 5.43 Å². The summed E-state index contributed by atoms with van der Waals surface area (Å²) in [5, 5.41) is 0.341. The SMILES string of the molecule is COCCN1CCC(N(Cc2ccc(-c3ccc(C(F)(F)F)cc3)cc2)C(=O)Cn2c(CCc3cccc(F)c3F)cc(=O)c3cccnc32)CC1.Cl.Cl. The van der Waals surface area contributed by atoms with Crippen LogP contribution in [0.4, 0.5) is 22.0 Å². The van der Waals surface area contributed by atoms with Crippen LogP contribution in [0.3, 0.4) is 0 Å². The van der Waals surface area contributed by atoms with Crippen molar-refractivity contribution in [2.45, 2.75) is 51.0 Å². The van der Waals surface area contributed by atoms with E-state index in [0.29, 0.717) is 28.9 Å². The van der Waals surface area contributed by atoms with E-state index in [-0.39, 0.29) is 73.7 Å². The highest BCUT2D eigenvalue weighted by Crippen LogP contribution is 2.31. The van der Waals surface area contributed by atoms with Crippen LogP contribution in [-0.2, 0) is 41.6 Å². The number of benzene rings is 3. The van der Waals surface area contributed by atoms with Crippen molar-refractivity contribution in [2.24, 2.45) is 0 Å². The fraction of sp³-hybridized carbons (Fsp3) is 0.325. The third-order valence-corrected chi connectivity index (χ3v) is 9.71. The van der Waals surface area contributed by atoms with Gasteiger partial charge >= 0.3 is 6.18 Å². The molecular weight excluding hydrogens is 750 g/mol. The molecule has 0 unspecified atom stereocenters. The number of carbonyl (C=O) groups is 1. The number of pyridine rings is 2. The molecule has 0 bridgehead atoms. The minimum absolute atomic E-state index is 0. The second kappa shape index (κ2) is 18.8. The van der Waals surface area contributed by atoms with Crippen LogP contribution in [-0.4, -0.2) is 64.7 Å².